The quantitative estimate of drug-likeness (QED) is 0.706. The summed E-state index contributed by atoms with van der Waals surface area (Å²) in [7, 11) is 0. The highest BCUT2D eigenvalue weighted by Gasteiger charge is 2.13. The fourth-order valence-corrected chi connectivity index (χ4v) is 2.67. The van der Waals surface area contributed by atoms with Crippen LogP contribution in [0.15, 0.2) is 51.4 Å². The van der Waals surface area contributed by atoms with Gasteiger partial charge in [-0.05, 0) is 53.2 Å². The third kappa shape index (κ3) is 3.25. The Morgan fingerprint density at radius 2 is 1.84 bits per heavy atom. The largest absolute Gasteiger partial charge is 0.493 e. The van der Waals surface area contributed by atoms with Gasteiger partial charge >= 0.3 is 0 Å². The molecular weight excluding hydrogens is 372 g/mol. The summed E-state index contributed by atoms with van der Waals surface area (Å²) in [6.45, 7) is 2.52. The zero-order chi connectivity index (χ0) is 13.8. The smallest absolute Gasteiger partial charge is 0.194 e. The normalized spacial score (nSPS) is 10.3. The maximum absolute atomic E-state index is 12.4. The molecule has 0 aliphatic heterocycles. The van der Waals surface area contributed by atoms with Gasteiger partial charge in [0.1, 0.15) is 5.75 Å². The summed E-state index contributed by atoms with van der Waals surface area (Å²) >= 11 is 6.81. The van der Waals surface area contributed by atoms with Crippen LogP contribution in [0.2, 0.25) is 0 Å². The van der Waals surface area contributed by atoms with E-state index in [9.17, 15) is 4.79 Å². The Labute approximate surface area is 129 Å². The van der Waals surface area contributed by atoms with Gasteiger partial charge < -0.3 is 4.74 Å². The van der Waals surface area contributed by atoms with Gasteiger partial charge in [0.05, 0.1) is 11.1 Å². The maximum Gasteiger partial charge on any atom is 0.194 e. The summed E-state index contributed by atoms with van der Waals surface area (Å²) in [5.41, 5.74) is 1.28. The molecule has 2 rings (SSSR count). The van der Waals surface area contributed by atoms with Gasteiger partial charge in [0.2, 0.25) is 0 Å². The van der Waals surface area contributed by atoms with Crippen molar-refractivity contribution in [3.63, 3.8) is 0 Å². The molecule has 2 aromatic rings. The van der Waals surface area contributed by atoms with Crippen LogP contribution in [0.4, 0.5) is 0 Å². The predicted molar refractivity (Wildman–Crippen MR) is 82.9 cm³/mol. The third-order valence-electron chi connectivity index (χ3n) is 2.61. The molecule has 0 saturated carbocycles. The second-order valence-electron chi connectivity index (χ2n) is 3.89. The first kappa shape index (κ1) is 14.3. The maximum atomic E-state index is 12.4. The Morgan fingerprint density at radius 1 is 1.11 bits per heavy atom. The molecule has 0 saturated heterocycles. The van der Waals surface area contributed by atoms with Crippen molar-refractivity contribution in [2.24, 2.45) is 0 Å². The lowest BCUT2D eigenvalue weighted by Crippen LogP contribution is -2.03. The number of hydrogen-bond acceptors (Lipinski definition) is 2. The first-order chi connectivity index (χ1) is 9.13. The molecule has 0 aromatic heterocycles. The van der Waals surface area contributed by atoms with Gasteiger partial charge in [-0.15, -0.1) is 0 Å². The number of halogens is 2. The van der Waals surface area contributed by atoms with Crippen LogP contribution in [0.3, 0.4) is 0 Å². The highest BCUT2D eigenvalue weighted by Crippen LogP contribution is 2.28. The van der Waals surface area contributed by atoms with Gasteiger partial charge in [-0.2, -0.15) is 0 Å². The molecule has 0 aliphatic carbocycles. The van der Waals surface area contributed by atoms with Crippen LogP contribution in [0, 0.1) is 0 Å². The second kappa shape index (κ2) is 6.35. The molecule has 2 aromatic carbocycles. The topological polar surface area (TPSA) is 26.3 Å². The summed E-state index contributed by atoms with van der Waals surface area (Å²) in [6.07, 6.45) is 0. The third-order valence-corrected chi connectivity index (χ3v) is 3.92. The van der Waals surface area contributed by atoms with Gasteiger partial charge in [-0.1, -0.05) is 28.1 Å². The van der Waals surface area contributed by atoms with Crippen molar-refractivity contribution in [2.75, 3.05) is 6.61 Å². The molecule has 0 unspecified atom stereocenters. The zero-order valence-corrected chi connectivity index (χ0v) is 13.5. The van der Waals surface area contributed by atoms with Crippen LogP contribution in [0.5, 0.6) is 5.75 Å². The number of ether oxygens (including phenoxy) is 1. The van der Waals surface area contributed by atoms with Gasteiger partial charge in [0.25, 0.3) is 0 Å². The average Bonchev–Trinajstić information content (AvgIpc) is 2.41. The van der Waals surface area contributed by atoms with Gasteiger partial charge in [-0.25, -0.2) is 0 Å². The lowest BCUT2D eigenvalue weighted by molar-refractivity contribution is 0.103. The molecule has 4 heteroatoms. The SMILES string of the molecule is CCOc1ccc(C(=O)c2ccccc2Br)cc1Br. The predicted octanol–water partition coefficient (Wildman–Crippen LogP) is 4.84. The van der Waals surface area contributed by atoms with Gasteiger partial charge in [-0.3, -0.25) is 4.79 Å². The lowest BCUT2D eigenvalue weighted by atomic mass is 10.0. The van der Waals surface area contributed by atoms with E-state index in [2.05, 4.69) is 31.9 Å². The lowest BCUT2D eigenvalue weighted by Gasteiger charge is -2.08. The highest BCUT2D eigenvalue weighted by molar-refractivity contribution is 9.10. The number of hydrogen-bond donors (Lipinski definition) is 0. The summed E-state index contributed by atoms with van der Waals surface area (Å²) in [5, 5.41) is 0. The number of carbonyl (C=O) groups is 1. The molecule has 0 N–H and O–H groups in total. The Kier molecular flexibility index (Phi) is 4.77. The fraction of sp³-hybridized carbons (Fsp3) is 0.133. The average molecular weight is 384 g/mol. The van der Waals surface area contributed by atoms with E-state index in [0.717, 1.165) is 14.7 Å². The molecule has 98 valence electrons. The molecule has 0 fully saturated rings. The highest BCUT2D eigenvalue weighted by atomic mass is 79.9. The molecule has 0 spiro atoms. The van der Waals surface area contributed by atoms with Crippen LogP contribution in [-0.4, -0.2) is 12.4 Å². The monoisotopic (exact) mass is 382 g/mol. The molecule has 0 aliphatic rings. The van der Waals surface area contributed by atoms with Crippen LogP contribution < -0.4 is 4.74 Å². The first-order valence-corrected chi connectivity index (χ1v) is 7.43. The molecular formula is C15H12Br2O2. The summed E-state index contributed by atoms with van der Waals surface area (Å²) in [4.78, 5) is 12.4. The molecule has 0 heterocycles. The summed E-state index contributed by atoms with van der Waals surface area (Å²) in [6, 6.07) is 12.8. The molecule has 19 heavy (non-hydrogen) atoms. The molecule has 0 radical (unpaired) electrons. The Morgan fingerprint density at radius 3 is 2.47 bits per heavy atom. The summed E-state index contributed by atoms with van der Waals surface area (Å²) < 4.78 is 7.01. The van der Waals surface area contributed by atoms with Crippen LogP contribution in [0.25, 0.3) is 0 Å². The van der Waals surface area contributed by atoms with Gasteiger partial charge in [0.15, 0.2) is 5.78 Å². The van der Waals surface area contributed by atoms with Crippen molar-refractivity contribution in [1.82, 2.24) is 0 Å². The standard InChI is InChI=1S/C15H12Br2O2/c1-2-19-14-8-7-10(9-13(14)17)15(18)11-5-3-4-6-12(11)16/h3-9H,2H2,1H3. The minimum atomic E-state index is -0.0174. The fourth-order valence-electron chi connectivity index (χ4n) is 1.72. The van der Waals surface area contributed by atoms with E-state index in [4.69, 9.17) is 4.74 Å². The van der Waals surface area contributed by atoms with E-state index in [1.807, 2.05) is 25.1 Å². The number of rotatable bonds is 4. The van der Waals surface area contributed by atoms with Crippen molar-refractivity contribution < 1.29 is 9.53 Å². The van der Waals surface area contributed by atoms with Crippen LogP contribution >= 0.6 is 31.9 Å². The molecule has 0 bridgehead atoms. The van der Waals surface area contributed by atoms with E-state index in [1.54, 1.807) is 24.3 Å². The van der Waals surface area contributed by atoms with Crippen LogP contribution in [-0.2, 0) is 0 Å². The van der Waals surface area contributed by atoms with Crippen molar-refractivity contribution in [3.05, 3.63) is 62.5 Å². The van der Waals surface area contributed by atoms with Crippen LogP contribution in [0.1, 0.15) is 22.8 Å². The van der Waals surface area contributed by atoms with E-state index < -0.39 is 0 Å². The van der Waals surface area contributed by atoms with E-state index >= 15 is 0 Å². The Balaban J connectivity index is 2.35. The zero-order valence-electron chi connectivity index (χ0n) is 10.3. The Bertz CT molecular complexity index is 609. The number of carbonyl (C=O) groups excluding carboxylic acids is 1. The van der Waals surface area contributed by atoms with E-state index in [1.165, 1.54) is 0 Å². The summed E-state index contributed by atoms with van der Waals surface area (Å²) in [5.74, 6) is 0.724. The second-order valence-corrected chi connectivity index (χ2v) is 5.60. The minimum Gasteiger partial charge on any atom is -0.493 e. The molecule has 2 nitrogen and oxygen atoms in total. The van der Waals surface area contributed by atoms with E-state index in [-0.39, 0.29) is 5.78 Å². The van der Waals surface area contributed by atoms with E-state index in [0.29, 0.717) is 17.7 Å². The first-order valence-electron chi connectivity index (χ1n) is 5.85. The molecule has 0 atom stereocenters. The van der Waals surface area contributed by atoms with Gasteiger partial charge in [0, 0.05) is 15.6 Å². The van der Waals surface area contributed by atoms with Crippen molar-refractivity contribution in [2.45, 2.75) is 6.92 Å². The minimum absolute atomic E-state index is 0.0174. The van der Waals surface area contributed by atoms with Crippen molar-refractivity contribution >= 4 is 37.6 Å². The van der Waals surface area contributed by atoms with Crippen molar-refractivity contribution in [1.29, 1.82) is 0 Å². The van der Waals surface area contributed by atoms with Crippen molar-refractivity contribution in [3.8, 4) is 5.75 Å². The molecule has 0 amide bonds. The Hall–Kier alpha value is -1.13. The number of benzene rings is 2. The number of ketones is 1.